The molecular formula is C6H22N4O8S2. The van der Waals surface area contributed by atoms with Gasteiger partial charge in [-0.25, -0.2) is 0 Å². The summed E-state index contributed by atoms with van der Waals surface area (Å²) in [4.78, 5) is 0. The van der Waals surface area contributed by atoms with Crippen LogP contribution >= 0.6 is 0 Å². The van der Waals surface area contributed by atoms with Gasteiger partial charge in [-0.2, -0.15) is 16.8 Å². The molecule has 0 atom stereocenters. The van der Waals surface area contributed by atoms with Crippen molar-refractivity contribution >= 4 is 20.8 Å². The first-order valence-corrected chi connectivity index (χ1v) is 7.92. The summed E-state index contributed by atoms with van der Waals surface area (Å²) in [5, 5.41) is 6.33. The third kappa shape index (κ3) is 112. The van der Waals surface area contributed by atoms with Gasteiger partial charge in [0.2, 0.25) is 0 Å². The van der Waals surface area contributed by atoms with E-state index in [-0.39, 0.29) is 0 Å². The van der Waals surface area contributed by atoms with Crippen LogP contribution in [0.2, 0.25) is 0 Å². The minimum absolute atomic E-state index is 0.705. The molecule has 0 aromatic rings. The van der Waals surface area contributed by atoms with Crippen molar-refractivity contribution in [2.24, 2.45) is 11.5 Å². The molecule has 10 N–H and O–H groups in total. The van der Waals surface area contributed by atoms with Gasteiger partial charge in [0.25, 0.3) is 0 Å². The molecule has 0 unspecified atom stereocenters. The maximum absolute atomic E-state index is 8.74. The molecule has 0 rings (SSSR count). The van der Waals surface area contributed by atoms with E-state index < -0.39 is 20.8 Å². The van der Waals surface area contributed by atoms with E-state index in [1.807, 2.05) is 0 Å². The van der Waals surface area contributed by atoms with Gasteiger partial charge in [0, 0.05) is 39.3 Å². The van der Waals surface area contributed by atoms with Crippen LogP contribution in [0.15, 0.2) is 0 Å². The zero-order valence-corrected chi connectivity index (χ0v) is 12.3. The predicted molar refractivity (Wildman–Crippen MR) is 72.2 cm³/mol. The molecule has 0 spiro atoms. The van der Waals surface area contributed by atoms with Crippen LogP contribution < -0.4 is 22.1 Å². The highest BCUT2D eigenvalue weighted by Crippen LogP contribution is 1.59. The molecule has 0 aliphatic heterocycles. The second kappa shape index (κ2) is 15.0. The van der Waals surface area contributed by atoms with Gasteiger partial charge in [-0.3, -0.25) is 18.2 Å². The van der Waals surface area contributed by atoms with Crippen molar-refractivity contribution in [2.45, 2.75) is 0 Å². The van der Waals surface area contributed by atoms with E-state index in [1.54, 1.807) is 0 Å². The Bertz CT molecular complexity index is 330. The van der Waals surface area contributed by atoms with Crippen LogP contribution in [-0.4, -0.2) is 74.3 Å². The molecule has 0 aromatic heterocycles. The fourth-order valence-electron chi connectivity index (χ4n) is 0.631. The zero-order valence-electron chi connectivity index (χ0n) is 10.6. The smallest absolute Gasteiger partial charge is 0.329 e. The lowest BCUT2D eigenvalue weighted by Crippen LogP contribution is -2.32. The fourth-order valence-corrected chi connectivity index (χ4v) is 0.631. The van der Waals surface area contributed by atoms with E-state index in [0.717, 1.165) is 26.2 Å². The van der Waals surface area contributed by atoms with E-state index in [2.05, 4.69) is 10.6 Å². The minimum Gasteiger partial charge on any atom is -0.329 e. The molecule has 0 radical (unpaired) electrons. The van der Waals surface area contributed by atoms with Crippen molar-refractivity contribution in [3.63, 3.8) is 0 Å². The Hall–Kier alpha value is -0.420. The summed E-state index contributed by atoms with van der Waals surface area (Å²) in [6, 6.07) is 0. The van der Waals surface area contributed by atoms with Gasteiger partial charge in [0.1, 0.15) is 0 Å². The maximum atomic E-state index is 8.74. The second-order valence-electron chi connectivity index (χ2n) is 2.97. The standard InChI is InChI=1S/C6H18N4.2H2O4S/c7-1-3-9-5-6-10-4-2-8;2*1-5(2,3)4/h9-10H,1-8H2;2*(H2,1,2,3,4). The molecule has 12 nitrogen and oxygen atoms in total. The van der Waals surface area contributed by atoms with Gasteiger partial charge in [-0.1, -0.05) is 0 Å². The van der Waals surface area contributed by atoms with Gasteiger partial charge in [0.15, 0.2) is 0 Å². The molecule has 0 amide bonds. The van der Waals surface area contributed by atoms with Crippen molar-refractivity contribution in [1.29, 1.82) is 0 Å². The number of rotatable bonds is 7. The third-order valence-electron chi connectivity index (χ3n) is 1.12. The van der Waals surface area contributed by atoms with E-state index in [4.69, 9.17) is 46.5 Å². The van der Waals surface area contributed by atoms with Crippen molar-refractivity contribution < 1.29 is 35.0 Å². The first-order chi connectivity index (χ1) is 8.91. The lowest BCUT2D eigenvalue weighted by molar-refractivity contribution is 0.378. The fraction of sp³-hybridized carbons (Fsp3) is 1.00. The summed E-state index contributed by atoms with van der Waals surface area (Å²) in [5.41, 5.74) is 10.5. The Morgan fingerprint density at radius 2 is 0.850 bits per heavy atom. The van der Waals surface area contributed by atoms with Crippen molar-refractivity contribution in [3.05, 3.63) is 0 Å². The molecule has 0 saturated heterocycles. The van der Waals surface area contributed by atoms with E-state index in [1.165, 1.54) is 0 Å². The average molecular weight is 342 g/mol. The molecule has 126 valence electrons. The molecular weight excluding hydrogens is 320 g/mol. The van der Waals surface area contributed by atoms with Gasteiger partial charge >= 0.3 is 20.8 Å². The lowest BCUT2D eigenvalue weighted by Gasteiger charge is -2.03. The Kier molecular flexibility index (Phi) is 18.4. The molecule has 14 heteroatoms. The van der Waals surface area contributed by atoms with Crippen LogP contribution in [-0.2, 0) is 20.8 Å². The van der Waals surface area contributed by atoms with Gasteiger partial charge < -0.3 is 22.1 Å². The summed E-state index contributed by atoms with van der Waals surface area (Å²) in [6.07, 6.45) is 0. The van der Waals surface area contributed by atoms with Crippen LogP contribution in [0.3, 0.4) is 0 Å². The van der Waals surface area contributed by atoms with Crippen LogP contribution in [0.25, 0.3) is 0 Å². The van der Waals surface area contributed by atoms with E-state index in [0.29, 0.717) is 13.1 Å². The second-order valence-corrected chi connectivity index (χ2v) is 4.76. The minimum atomic E-state index is -4.67. The Labute approximate surface area is 118 Å². The number of nitrogens with two attached hydrogens (primary N) is 2. The third-order valence-corrected chi connectivity index (χ3v) is 1.12. The normalized spacial score (nSPS) is 10.9. The number of hydrogen-bond acceptors (Lipinski definition) is 8. The first-order valence-electron chi connectivity index (χ1n) is 5.13. The van der Waals surface area contributed by atoms with E-state index >= 15 is 0 Å². The number of nitrogens with one attached hydrogen (secondary N) is 2. The highest BCUT2D eigenvalue weighted by molar-refractivity contribution is 7.80. The first kappa shape index (κ1) is 24.6. The monoisotopic (exact) mass is 342 g/mol. The largest absolute Gasteiger partial charge is 0.394 e. The number of hydrogen-bond donors (Lipinski definition) is 8. The average Bonchev–Trinajstić information content (AvgIpc) is 2.18. The molecule has 0 aromatic carbocycles. The molecule has 0 heterocycles. The quantitative estimate of drug-likeness (QED) is 0.169. The van der Waals surface area contributed by atoms with Crippen LogP contribution in [0.4, 0.5) is 0 Å². The Balaban J connectivity index is -0.000000244. The summed E-state index contributed by atoms with van der Waals surface area (Å²) in [5.74, 6) is 0. The SMILES string of the molecule is NCCNCCNCCN.O=S(=O)(O)O.O=S(=O)(O)O. The summed E-state index contributed by atoms with van der Waals surface area (Å²) in [6.45, 7) is 5.14. The van der Waals surface area contributed by atoms with E-state index in [9.17, 15) is 0 Å². The molecule has 0 aliphatic carbocycles. The summed E-state index contributed by atoms with van der Waals surface area (Å²) >= 11 is 0. The maximum Gasteiger partial charge on any atom is 0.394 e. The molecule has 0 saturated carbocycles. The van der Waals surface area contributed by atoms with Crippen molar-refractivity contribution in [3.8, 4) is 0 Å². The molecule has 0 fully saturated rings. The van der Waals surface area contributed by atoms with Crippen LogP contribution in [0.1, 0.15) is 0 Å². The molecule has 0 aliphatic rings. The van der Waals surface area contributed by atoms with Gasteiger partial charge in [-0.05, 0) is 0 Å². The van der Waals surface area contributed by atoms with Gasteiger partial charge in [0.05, 0.1) is 0 Å². The summed E-state index contributed by atoms with van der Waals surface area (Å²) < 4.78 is 63.2. The molecule has 0 bridgehead atoms. The predicted octanol–water partition coefficient (Wildman–Crippen LogP) is -3.22. The van der Waals surface area contributed by atoms with Crippen molar-refractivity contribution in [1.82, 2.24) is 10.6 Å². The highest BCUT2D eigenvalue weighted by atomic mass is 32.3. The summed E-state index contributed by atoms with van der Waals surface area (Å²) in [7, 11) is -9.33. The molecule has 20 heavy (non-hydrogen) atoms. The Morgan fingerprint density at radius 3 is 1.00 bits per heavy atom. The topological polar surface area (TPSA) is 225 Å². The van der Waals surface area contributed by atoms with Crippen LogP contribution in [0, 0.1) is 0 Å². The lowest BCUT2D eigenvalue weighted by atomic mass is 10.5. The zero-order chi connectivity index (χ0) is 16.7. The van der Waals surface area contributed by atoms with Crippen LogP contribution in [0.5, 0.6) is 0 Å². The van der Waals surface area contributed by atoms with Crippen molar-refractivity contribution in [2.75, 3.05) is 39.3 Å². The Morgan fingerprint density at radius 1 is 0.650 bits per heavy atom. The highest BCUT2D eigenvalue weighted by Gasteiger charge is 1.85. The van der Waals surface area contributed by atoms with Gasteiger partial charge in [-0.15, -0.1) is 0 Å².